The average Bonchev–Trinajstić information content (AvgIpc) is 2.40. The van der Waals surface area contributed by atoms with Crippen LogP contribution in [0.15, 0.2) is 51.4 Å². The Bertz CT molecular complexity index is 827. The van der Waals surface area contributed by atoms with Crippen LogP contribution in [0.3, 0.4) is 0 Å². The predicted octanol–water partition coefficient (Wildman–Crippen LogP) is 4.62. The fourth-order valence-corrected chi connectivity index (χ4v) is 3.07. The highest BCUT2D eigenvalue weighted by Crippen LogP contribution is 2.34. The van der Waals surface area contributed by atoms with Crippen LogP contribution in [0.4, 0.5) is 0 Å². The average molecular weight is 379 g/mol. The summed E-state index contributed by atoms with van der Waals surface area (Å²) in [5.74, 6) is -0.402. The topological polar surface area (TPSA) is 43.1 Å². The number of rotatable bonds is 1. The van der Waals surface area contributed by atoms with Crippen molar-refractivity contribution in [3.8, 4) is 0 Å². The number of fused-ring (bicyclic) bond motifs is 2. The van der Waals surface area contributed by atoms with Crippen LogP contribution in [-0.2, 0) is 0 Å². The summed E-state index contributed by atoms with van der Waals surface area (Å²) in [5, 5.41) is 4.05. The number of amides is 1. The van der Waals surface area contributed by atoms with Gasteiger partial charge in [-0.2, -0.15) is 0 Å². The van der Waals surface area contributed by atoms with E-state index in [1.807, 2.05) is 30.3 Å². The third kappa shape index (κ3) is 2.05. The third-order valence-corrected chi connectivity index (χ3v) is 5.22. The van der Waals surface area contributed by atoms with Gasteiger partial charge in [0.05, 0.1) is 0 Å². The van der Waals surface area contributed by atoms with E-state index in [9.17, 15) is 4.79 Å². The van der Waals surface area contributed by atoms with E-state index in [2.05, 4.69) is 37.9 Å². The van der Waals surface area contributed by atoms with E-state index in [1.54, 1.807) is 6.07 Å². The molecular formula is C15H9Br2NO. The summed E-state index contributed by atoms with van der Waals surface area (Å²) in [7, 11) is 0. The van der Waals surface area contributed by atoms with Gasteiger partial charge in [-0.05, 0) is 77.7 Å². The largest absolute Gasteiger partial charge is 0.366 e. The van der Waals surface area contributed by atoms with E-state index in [0.29, 0.717) is 5.56 Å². The van der Waals surface area contributed by atoms with E-state index in [-0.39, 0.29) is 0 Å². The molecule has 2 nitrogen and oxygen atoms in total. The van der Waals surface area contributed by atoms with Gasteiger partial charge in [0.25, 0.3) is 0 Å². The van der Waals surface area contributed by atoms with E-state index in [0.717, 1.165) is 30.5 Å². The number of nitrogens with two attached hydrogens (primary N) is 1. The fraction of sp³-hybridized carbons (Fsp3) is 0. The Hall–Kier alpha value is -1.39. The van der Waals surface area contributed by atoms with Crippen molar-refractivity contribution in [2.24, 2.45) is 5.73 Å². The summed E-state index contributed by atoms with van der Waals surface area (Å²) in [6, 6.07) is 13.6. The first-order valence-corrected chi connectivity index (χ1v) is 7.27. The number of primary amides is 1. The summed E-state index contributed by atoms with van der Waals surface area (Å²) in [6.45, 7) is 0. The second kappa shape index (κ2) is 4.62. The van der Waals surface area contributed by atoms with Gasteiger partial charge >= 0.3 is 0 Å². The van der Waals surface area contributed by atoms with E-state index in [1.165, 1.54) is 0 Å². The first-order valence-electron chi connectivity index (χ1n) is 5.68. The monoisotopic (exact) mass is 377 g/mol. The number of hydrogen-bond acceptors (Lipinski definition) is 1. The third-order valence-electron chi connectivity index (χ3n) is 3.17. The Morgan fingerprint density at radius 2 is 1.63 bits per heavy atom. The highest BCUT2D eigenvalue weighted by Gasteiger charge is 2.09. The number of carbonyl (C=O) groups excluding carboxylic acids is 1. The Balaban J connectivity index is 2.48. The number of halogens is 2. The summed E-state index contributed by atoms with van der Waals surface area (Å²) in [5.41, 5.74) is 5.98. The van der Waals surface area contributed by atoms with Gasteiger partial charge in [-0.25, -0.2) is 0 Å². The molecule has 19 heavy (non-hydrogen) atoms. The number of carbonyl (C=O) groups is 1. The lowest BCUT2D eigenvalue weighted by Crippen LogP contribution is -2.11. The van der Waals surface area contributed by atoms with Crippen molar-refractivity contribution in [2.45, 2.75) is 0 Å². The van der Waals surface area contributed by atoms with E-state index in [4.69, 9.17) is 5.73 Å². The molecule has 1 amide bonds. The minimum Gasteiger partial charge on any atom is -0.366 e. The smallest absolute Gasteiger partial charge is 0.249 e. The molecule has 0 unspecified atom stereocenters. The van der Waals surface area contributed by atoms with Crippen LogP contribution in [0.25, 0.3) is 21.5 Å². The van der Waals surface area contributed by atoms with Gasteiger partial charge in [-0.15, -0.1) is 0 Å². The van der Waals surface area contributed by atoms with Crippen molar-refractivity contribution in [3.63, 3.8) is 0 Å². The van der Waals surface area contributed by atoms with Crippen molar-refractivity contribution < 1.29 is 4.79 Å². The molecule has 0 bridgehead atoms. The fourth-order valence-electron chi connectivity index (χ4n) is 2.25. The zero-order chi connectivity index (χ0) is 13.6. The van der Waals surface area contributed by atoms with Gasteiger partial charge < -0.3 is 5.73 Å². The first-order chi connectivity index (χ1) is 9.08. The molecule has 0 atom stereocenters. The lowest BCUT2D eigenvalue weighted by atomic mass is 9.99. The minimum atomic E-state index is -0.402. The normalized spacial score (nSPS) is 11.1. The van der Waals surface area contributed by atoms with Gasteiger partial charge in [0.1, 0.15) is 0 Å². The maximum absolute atomic E-state index is 11.5. The zero-order valence-corrected chi connectivity index (χ0v) is 13.0. The van der Waals surface area contributed by atoms with Crippen LogP contribution in [0.1, 0.15) is 10.4 Å². The standard InChI is InChI=1S/C15H9Br2NO/c16-13-5-4-9-6-11-8(7-12(9)14(13)17)2-1-3-10(11)15(18)19/h1-7H,(H2,18,19). The van der Waals surface area contributed by atoms with Crippen molar-refractivity contribution in [3.05, 3.63) is 57.0 Å². The van der Waals surface area contributed by atoms with Crippen molar-refractivity contribution >= 4 is 59.3 Å². The molecular weight excluding hydrogens is 370 g/mol. The van der Waals surface area contributed by atoms with Gasteiger partial charge in [0, 0.05) is 14.5 Å². The summed E-state index contributed by atoms with van der Waals surface area (Å²) >= 11 is 7.07. The maximum atomic E-state index is 11.5. The molecule has 0 aliphatic carbocycles. The second-order valence-electron chi connectivity index (χ2n) is 4.33. The predicted molar refractivity (Wildman–Crippen MR) is 85.4 cm³/mol. The van der Waals surface area contributed by atoms with Crippen LogP contribution in [0.5, 0.6) is 0 Å². The molecule has 0 heterocycles. The molecule has 2 N–H and O–H groups in total. The van der Waals surface area contributed by atoms with Gasteiger partial charge in [0.15, 0.2) is 0 Å². The van der Waals surface area contributed by atoms with Crippen molar-refractivity contribution in [2.75, 3.05) is 0 Å². The van der Waals surface area contributed by atoms with Gasteiger partial charge in [-0.1, -0.05) is 18.2 Å². The maximum Gasteiger partial charge on any atom is 0.249 e. The van der Waals surface area contributed by atoms with Crippen LogP contribution in [-0.4, -0.2) is 5.91 Å². The molecule has 3 aromatic rings. The Morgan fingerprint density at radius 1 is 0.947 bits per heavy atom. The van der Waals surface area contributed by atoms with Crippen molar-refractivity contribution in [1.29, 1.82) is 0 Å². The molecule has 0 aromatic heterocycles. The lowest BCUT2D eigenvalue weighted by molar-refractivity contribution is 0.100. The zero-order valence-electron chi connectivity index (χ0n) is 9.78. The lowest BCUT2D eigenvalue weighted by Gasteiger charge is -2.08. The molecule has 0 fully saturated rings. The van der Waals surface area contributed by atoms with Crippen LogP contribution in [0.2, 0.25) is 0 Å². The Morgan fingerprint density at radius 3 is 2.37 bits per heavy atom. The van der Waals surface area contributed by atoms with Crippen molar-refractivity contribution in [1.82, 2.24) is 0 Å². The molecule has 4 heteroatoms. The molecule has 94 valence electrons. The van der Waals surface area contributed by atoms with Gasteiger partial charge in [0.2, 0.25) is 5.91 Å². The van der Waals surface area contributed by atoms with Gasteiger partial charge in [-0.3, -0.25) is 4.79 Å². The summed E-state index contributed by atoms with van der Waals surface area (Å²) in [6.07, 6.45) is 0. The van der Waals surface area contributed by atoms with Crippen LogP contribution >= 0.6 is 31.9 Å². The summed E-state index contributed by atoms with van der Waals surface area (Å²) in [4.78, 5) is 11.5. The number of benzene rings is 3. The van der Waals surface area contributed by atoms with Crippen LogP contribution in [0, 0.1) is 0 Å². The number of hydrogen-bond donors (Lipinski definition) is 1. The highest BCUT2D eigenvalue weighted by atomic mass is 79.9. The molecule has 0 saturated carbocycles. The molecule has 0 saturated heterocycles. The Kier molecular flexibility index (Phi) is 3.07. The first kappa shape index (κ1) is 12.6. The SMILES string of the molecule is NC(=O)c1cccc2cc3c(Br)c(Br)ccc3cc12. The highest BCUT2D eigenvalue weighted by molar-refractivity contribution is 9.13. The van der Waals surface area contributed by atoms with Crippen LogP contribution < -0.4 is 5.73 Å². The molecule has 0 radical (unpaired) electrons. The quantitative estimate of drug-likeness (QED) is 0.617. The Labute approximate surface area is 126 Å². The molecule has 0 aliphatic rings. The molecule has 0 spiro atoms. The molecule has 0 aliphatic heterocycles. The second-order valence-corrected chi connectivity index (χ2v) is 5.97. The minimum absolute atomic E-state index is 0.402. The van der Waals surface area contributed by atoms with E-state index >= 15 is 0 Å². The van der Waals surface area contributed by atoms with E-state index < -0.39 is 5.91 Å². The summed E-state index contributed by atoms with van der Waals surface area (Å²) < 4.78 is 2.02. The molecule has 3 rings (SSSR count). The molecule has 3 aromatic carbocycles.